The van der Waals surface area contributed by atoms with Gasteiger partial charge in [-0.1, -0.05) is 84.9 Å². The highest BCUT2D eigenvalue weighted by Crippen LogP contribution is 2.49. The van der Waals surface area contributed by atoms with E-state index in [9.17, 15) is 0 Å². The molecule has 7 heteroatoms. The largest absolute Gasteiger partial charge is 0.478 e. The normalized spacial score (nSPS) is 15.8. The zero-order valence-electron chi connectivity index (χ0n) is 26.8. The molecule has 0 radical (unpaired) electrons. The molecule has 7 aromatic rings. The number of hydrogen-bond acceptors (Lipinski definition) is 7. The summed E-state index contributed by atoms with van der Waals surface area (Å²) in [7, 11) is 0. The maximum absolute atomic E-state index is 6.85. The number of aromatic nitrogens is 5. The van der Waals surface area contributed by atoms with Crippen molar-refractivity contribution in [2.24, 2.45) is 0 Å². The van der Waals surface area contributed by atoms with Crippen molar-refractivity contribution in [1.29, 1.82) is 0 Å². The van der Waals surface area contributed by atoms with E-state index in [1.807, 2.05) is 116 Å². The lowest BCUT2D eigenvalue weighted by Crippen LogP contribution is -2.38. The Hall–Kier alpha value is -6.73. The van der Waals surface area contributed by atoms with Crippen molar-refractivity contribution in [2.75, 3.05) is 0 Å². The summed E-state index contributed by atoms with van der Waals surface area (Å²) >= 11 is 0. The van der Waals surface area contributed by atoms with E-state index in [0.717, 1.165) is 50.1 Å². The van der Waals surface area contributed by atoms with Gasteiger partial charge in [-0.3, -0.25) is 9.97 Å². The van der Waals surface area contributed by atoms with E-state index in [2.05, 4.69) is 46.4 Å². The summed E-state index contributed by atoms with van der Waals surface area (Å²) in [6.07, 6.45) is 14.8. The number of allylic oxidation sites excluding steroid dienone is 2. The van der Waals surface area contributed by atoms with Crippen LogP contribution in [0.3, 0.4) is 0 Å². The highest BCUT2D eigenvalue weighted by Gasteiger charge is 2.34. The van der Waals surface area contributed by atoms with Crippen molar-refractivity contribution < 1.29 is 9.47 Å². The maximum Gasteiger partial charge on any atom is 0.174 e. The molecule has 238 valence electrons. The molecule has 2 unspecified atom stereocenters. The minimum atomic E-state index is -0.307. The van der Waals surface area contributed by atoms with E-state index in [-0.39, 0.29) is 12.2 Å². The van der Waals surface area contributed by atoms with E-state index in [1.54, 1.807) is 12.4 Å². The Kier molecular flexibility index (Phi) is 7.48. The summed E-state index contributed by atoms with van der Waals surface area (Å²) in [4.78, 5) is 23.7. The predicted octanol–water partition coefficient (Wildman–Crippen LogP) is 9.30. The molecule has 50 heavy (non-hydrogen) atoms. The van der Waals surface area contributed by atoms with E-state index in [4.69, 9.17) is 24.4 Å². The highest BCUT2D eigenvalue weighted by atomic mass is 16.6. The summed E-state index contributed by atoms with van der Waals surface area (Å²) in [5, 5.41) is 0. The van der Waals surface area contributed by atoms with Crippen LogP contribution in [0.5, 0.6) is 11.5 Å². The van der Waals surface area contributed by atoms with Crippen LogP contribution < -0.4 is 9.47 Å². The van der Waals surface area contributed by atoms with Crippen LogP contribution in [0.4, 0.5) is 0 Å². The Morgan fingerprint density at radius 3 is 1.38 bits per heavy atom. The van der Waals surface area contributed by atoms with Gasteiger partial charge in [0.1, 0.15) is 0 Å². The van der Waals surface area contributed by atoms with Gasteiger partial charge in [0.05, 0.1) is 5.56 Å². The number of ether oxygens (including phenoxy) is 2. The molecule has 7 nitrogen and oxygen atoms in total. The predicted molar refractivity (Wildman–Crippen MR) is 195 cm³/mol. The van der Waals surface area contributed by atoms with Gasteiger partial charge in [-0.15, -0.1) is 0 Å². The number of fused-ring (bicyclic) bond motifs is 2. The van der Waals surface area contributed by atoms with E-state index < -0.39 is 0 Å². The van der Waals surface area contributed by atoms with Gasteiger partial charge in [0.25, 0.3) is 0 Å². The lowest BCUT2D eigenvalue weighted by molar-refractivity contribution is 0.0769. The number of rotatable bonds is 6. The molecule has 0 spiro atoms. The Balaban J connectivity index is 1.26. The molecule has 2 aliphatic rings. The van der Waals surface area contributed by atoms with Crippen LogP contribution in [0.2, 0.25) is 0 Å². The molecule has 0 N–H and O–H groups in total. The molecule has 0 amide bonds. The van der Waals surface area contributed by atoms with E-state index >= 15 is 0 Å². The van der Waals surface area contributed by atoms with Crippen LogP contribution in [-0.2, 0) is 0 Å². The average Bonchev–Trinajstić information content (AvgIpc) is 3.20. The van der Waals surface area contributed by atoms with Gasteiger partial charge in [-0.2, -0.15) is 0 Å². The van der Waals surface area contributed by atoms with Crippen molar-refractivity contribution in [1.82, 2.24) is 24.9 Å². The van der Waals surface area contributed by atoms with Gasteiger partial charge in [-0.25, -0.2) is 15.0 Å². The third-order valence-electron chi connectivity index (χ3n) is 8.83. The Labute approximate surface area is 289 Å². The standard InChI is InChI=1S/C43H29N5O2/c1-3-11-28(12-4-1)41-46-42(29-13-5-2-6-14-29)48-43(47-41)36-20-19-35(39-40(36)50-38-18-8-7-17-37(38)49-39)34-24-32(30-15-9-21-44-26-30)23-33(25-34)31-16-10-22-45-27-31/h1-27,37-38H. The molecule has 4 heterocycles. The van der Waals surface area contributed by atoms with Crippen LogP contribution in [0.25, 0.3) is 67.5 Å². The molecule has 4 aromatic carbocycles. The lowest BCUT2D eigenvalue weighted by Gasteiger charge is -2.34. The van der Waals surface area contributed by atoms with Gasteiger partial charge >= 0.3 is 0 Å². The summed E-state index contributed by atoms with van der Waals surface area (Å²) in [5.41, 5.74) is 8.44. The fourth-order valence-corrected chi connectivity index (χ4v) is 6.36. The zero-order chi connectivity index (χ0) is 33.3. The molecular formula is C43H29N5O2. The minimum Gasteiger partial charge on any atom is -0.478 e. The first kappa shape index (κ1) is 29.4. The first-order valence-corrected chi connectivity index (χ1v) is 16.5. The third kappa shape index (κ3) is 5.61. The Morgan fingerprint density at radius 1 is 0.400 bits per heavy atom. The first-order valence-electron chi connectivity index (χ1n) is 16.5. The number of benzene rings is 4. The number of hydrogen-bond donors (Lipinski definition) is 0. The summed E-state index contributed by atoms with van der Waals surface area (Å²) in [6.45, 7) is 0. The third-order valence-corrected chi connectivity index (χ3v) is 8.83. The van der Waals surface area contributed by atoms with Gasteiger partial charge in [0.2, 0.25) is 0 Å². The van der Waals surface area contributed by atoms with Gasteiger partial charge in [-0.05, 0) is 71.3 Å². The quantitative estimate of drug-likeness (QED) is 0.178. The lowest BCUT2D eigenvalue weighted by atomic mass is 9.92. The van der Waals surface area contributed by atoms with Crippen molar-refractivity contribution in [3.63, 3.8) is 0 Å². The summed E-state index contributed by atoms with van der Waals surface area (Å²) in [6, 6.07) is 38.6. The second-order valence-electron chi connectivity index (χ2n) is 12.1. The van der Waals surface area contributed by atoms with Crippen molar-refractivity contribution in [3.8, 4) is 79.0 Å². The highest BCUT2D eigenvalue weighted by molar-refractivity contribution is 5.87. The molecule has 3 aromatic heterocycles. The molecule has 2 atom stereocenters. The Bertz CT molecular complexity index is 2100. The SMILES string of the molecule is C1=CC2Oc3c(-c4cc(-c5cccnc5)cc(-c5cccnc5)c4)ccc(-c4nc(-c5ccccc5)nc(-c5ccccc5)n4)c3OC2C=C1. The smallest absolute Gasteiger partial charge is 0.174 e. The summed E-state index contributed by atoms with van der Waals surface area (Å²) < 4.78 is 13.7. The van der Waals surface area contributed by atoms with Crippen LogP contribution in [0.15, 0.2) is 164 Å². The molecule has 1 aliphatic heterocycles. The number of nitrogens with zero attached hydrogens (tertiary/aromatic N) is 5. The number of pyridine rings is 2. The van der Waals surface area contributed by atoms with Crippen molar-refractivity contribution in [2.45, 2.75) is 12.2 Å². The molecule has 0 saturated carbocycles. The van der Waals surface area contributed by atoms with Crippen LogP contribution >= 0.6 is 0 Å². The van der Waals surface area contributed by atoms with Crippen molar-refractivity contribution >= 4 is 0 Å². The molecule has 9 rings (SSSR count). The van der Waals surface area contributed by atoms with E-state index in [1.165, 1.54) is 0 Å². The van der Waals surface area contributed by atoms with Crippen LogP contribution in [0.1, 0.15) is 0 Å². The second kappa shape index (κ2) is 12.7. The first-order chi connectivity index (χ1) is 24.8. The Morgan fingerprint density at radius 2 is 0.860 bits per heavy atom. The monoisotopic (exact) mass is 647 g/mol. The fourth-order valence-electron chi connectivity index (χ4n) is 6.36. The second-order valence-corrected chi connectivity index (χ2v) is 12.1. The molecule has 1 aliphatic carbocycles. The average molecular weight is 648 g/mol. The molecular weight excluding hydrogens is 619 g/mol. The van der Waals surface area contributed by atoms with Crippen LogP contribution in [-0.4, -0.2) is 37.1 Å². The topological polar surface area (TPSA) is 82.9 Å². The minimum absolute atomic E-state index is 0.293. The molecule has 0 saturated heterocycles. The van der Waals surface area contributed by atoms with Gasteiger partial charge in [0, 0.05) is 52.6 Å². The maximum atomic E-state index is 6.85. The fraction of sp³-hybridized carbons (Fsp3) is 0.0465. The molecule has 0 fully saturated rings. The van der Waals surface area contributed by atoms with Gasteiger partial charge < -0.3 is 9.47 Å². The van der Waals surface area contributed by atoms with Gasteiger partial charge in [0.15, 0.2) is 41.2 Å². The zero-order valence-corrected chi connectivity index (χ0v) is 26.8. The van der Waals surface area contributed by atoms with E-state index in [0.29, 0.717) is 29.0 Å². The van der Waals surface area contributed by atoms with Crippen molar-refractivity contribution in [3.05, 3.63) is 164 Å². The van der Waals surface area contributed by atoms with Crippen LogP contribution in [0, 0.1) is 0 Å². The molecule has 0 bridgehead atoms. The summed E-state index contributed by atoms with van der Waals surface area (Å²) in [5.74, 6) is 2.87.